The Hall–Kier alpha value is -2.01. The highest BCUT2D eigenvalue weighted by Gasteiger charge is 2.10. The number of fused-ring (bicyclic) bond motifs is 1. The molecule has 5 heteroatoms. The summed E-state index contributed by atoms with van der Waals surface area (Å²) in [6.45, 7) is 4.09. The second-order valence-electron chi connectivity index (χ2n) is 4.98. The first kappa shape index (κ1) is 13.9. The third-order valence-corrected chi connectivity index (χ3v) is 3.42. The summed E-state index contributed by atoms with van der Waals surface area (Å²) in [5.74, 6) is 2.18. The van der Waals surface area contributed by atoms with Gasteiger partial charge in [0, 0.05) is 23.6 Å². The van der Waals surface area contributed by atoms with Crippen LogP contribution in [0.25, 0.3) is 10.9 Å². The minimum Gasteiger partial charge on any atom is -0.437 e. The summed E-state index contributed by atoms with van der Waals surface area (Å²) in [5.41, 5.74) is 0.820. The molecule has 0 saturated heterocycles. The van der Waals surface area contributed by atoms with E-state index in [1.165, 1.54) is 0 Å². The van der Waals surface area contributed by atoms with E-state index < -0.39 is 0 Å². The Kier molecular flexibility index (Phi) is 3.84. The minimum atomic E-state index is 0.232. The van der Waals surface area contributed by atoms with Gasteiger partial charge in [-0.25, -0.2) is 4.98 Å². The van der Waals surface area contributed by atoms with Crippen molar-refractivity contribution in [2.24, 2.45) is 0 Å². The first-order valence-electron chi connectivity index (χ1n) is 6.69. The summed E-state index contributed by atoms with van der Waals surface area (Å²) in [6.07, 6.45) is 1.75. The van der Waals surface area contributed by atoms with Crippen LogP contribution < -0.4 is 4.74 Å². The number of para-hydroxylation sites is 1. The predicted octanol–water partition coefficient (Wildman–Crippen LogP) is 4.70. The van der Waals surface area contributed by atoms with Gasteiger partial charge in [0.2, 0.25) is 5.88 Å². The lowest BCUT2D eigenvalue weighted by atomic mass is 10.2. The molecule has 0 aliphatic carbocycles. The minimum absolute atomic E-state index is 0.232. The van der Waals surface area contributed by atoms with Crippen LogP contribution in [0.1, 0.15) is 25.6 Å². The van der Waals surface area contributed by atoms with Crippen molar-refractivity contribution in [1.82, 2.24) is 15.0 Å². The van der Waals surface area contributed by atoms with E-state index in [0.29, 0.717) is 16.2 Å². The van der Waals surface area contributed by atoms with Gasteiger partial charge in [0.15, 0.2) is 5.75 Å². The van der Waals surface area contributed by atoms with Crippen LogP contribution in [-0.4, -0.2) is 15.0 Å². The van der Waals surface area contributed by atoms with Gasteiger partial charge in [-0.2, -0.15) is 4.98 Å². The fourth-order valence-corrected chi connectivity index (χ4v) is 2.37. The largest absolute Gasteiger partial charge is 0.437 e. The number of benzene rings is 1. The third kappa shape index (κ3) is 3.03. The maximum atomic E-state index is 5.92. The zero-order valence-corrected chi connectivity index (χ0v) is 13.3. The molecule has 1 aromatic carbocycles. The second kappa shape index (κ2) is 5.77. The lowest BCUT2D eigenvalue weighted by molar-refractivity contribution is 0.460. The smallest absolute Gasteiger partial charge is 0.223 e. The topological polar surface area (TPSA) is 47.9 Å². The summed E-state index contributed by atoms with van der Waals surface area (Å²) < 4.78 is 6.63. The lowest BCUT2D eigenvalue weighted by Gasteiger charge is -2.10. The van der Waals surface area contributed by atoms with E-state index in [9.17, 15) is 0 Å². The van der Waals surface area contributed by atoms with Crippen molar-refractivity contribution in [2.75, 3.05) is 0 Å². The first-order chi connectivity index (χ1) is 10.1. The van der Waals surface area contributed by atoms with Crippen molar-refractivity contribution < 1.29 is 4.74 Å². The number of hydrogen-bond donors (Lipinski definition) is 0. The van der Waals surface area contributed by atoms with Crippen LogP contribution in [0.4, 0.5) is 0 Å². The fourth-order valence-electron chi connectivity index (χ4n) is 2.00. The Morgan fingerprint density at radius 3 is 2.71 bits per heavy atom. The average molecular weight is 344 g/mol. The Morgan fingerprint density at radius 2 is 1.90 bits per heavy atom. The molecule has 21 heavy (non-hydrogen) atoms. The van der Waals surface area contributed by atoms with Crippen LogP contribution in [0.5, 0.6) is 11.6 Å². The van der Waals surface area contributed by atoms with E-state index in [1.807, 2.05) is 44.2 Å². The van der Waals surface area contributed by atoms with Crippen molar-refractivity contribution in [2.45, 2.75) is 19.8 Å². The maximum absolute atomic E-state index is 5.92. The van der Waals surface area contributed by atoms with E-state index in [-0.39, 0.29) is 5.92 Å². The van der Waals surface area contributed by atoms with Gasteiger partial charge >= 0.3 is 0 Å². The van der Waals surface area contributed by atoms with Crippen molar-refractivity contribution in [3.63, 3.8) is 0 Å². The molecule has 106 valence electrons. The molecule has 0 amide bonds. The van der Waals surface area contributed by atoms with Crippen molar-refractivity contribution >= 4 is 26.8 Å². The molecule has 2 heterocycles. The van der Waals surface area contributed by atoms with E-state index in [1.54, 1.807) is 12.3 Å². The molecule has 0 aliphatic heterocycles. The zero-order valence-electron chi connectivity index (χ0n) is 11.7. The van der Waals surface area contributed by atoms with E-state index in [2.05, 4.69) is 30.9 Å². The van der Waals surface area contributed by atoms with Gasteiger partial charge < -0.3 is 4.74 Å². The lowest BCUT2D eigenvalue weighted by Crippen LogP contribution is -2.00. The average Bonchev–Trinajstić information content (AvgIpc) is 2.47. The number of ether oxygens (including phenoxy) is 1. The number of aromatic nitrogens is 3. The van der Waals surface area contributed by atoms with E-state index in [4.69, 9.17) is 4.74 Å². The summed E-state index contributed by atoms with van der Waals surface area (Å²) >= 11 is 3.40. The van der Waals surface area contributed by atoms with Gasteiger partial charge in [-0.3, -0.25) is 4.98 Å². The van der Waals surface area contributed by atoms with Gasteiger partial charge in [0.1, 0.15) is 15.9 Å². The maximum Gasteiger partial charge on any atom is 0.223 e. The summed E-state index contributed by atoms with van der Waals surface area (Å²) in [7, 11) is 0. The molecule has 0 N–H and O–H groups in total. The Labute approximate surface area is 131 Å². The van der Waals surface area contributed by atoms with E-state index >= 15 is 0 Å². The standard InChI is InChI=1S/C16H14BrN3O/c1-10(2)16-19-13(17)9-14(20-16)21-12-7-3-5-11-6-4-8-18-15(11)12/h3-10H,1-2H3. The van der Waals surface area contributed by atoms with Crippen molar-refractivity contribution in [3.05, 3.63) is 53.0 Å². The SMILES string of the molecule is CC(C)c1nc(Br)cc(Oc2cccc3cccnc23)n1. The fraction of sp³-hybridized carbons (Fsp3) is 0.188. The molecule has 3 rings (SSSR count). The summed E-state index contributed by atoms with van der Waals surface area (Å²) in [5, 5.41) is 1.03. The van der Waals surface area contributed by atoms with Crippen LogP contribution in [-0.2, 0) is 0 Å². The number of pyridine rings is 1. The Morgan fingerprint density at radius 1 is 1.10 bits per heavy atom. The molecular formula is C16H14BrN3O. The molecule has 0 radical (unpaired) electrons. The normalized spacial score (nSPS) is 11.0. The number of nitrogens with zero attached hydrogens (tertiary/aromatic N) is 3. The second-order valence-corrected chi connectivity index (χ2v) is 5.79. The van der Waals surface area contributed by atoms with Gasteiger partial charge in [-0.1, -0.05) is 32.0 Å². The van der Waals surface area contributed by atoms with Gasteiger partial charge in [0.05, 0.1) is 0 Å². The van der Waals surface area contributed by atoms with Crippen LogP contribution in [0.3, 0.4) is 0 Å². The molecular weight excluding hydrogens is 330 g/mol. The van der Waals surface area contributed by atoms with Crippen molar-refractivity contribution in [1.29, 1.82) is 0 Å². The number of halogens is 1. The quantitative estimate of drug-likeness (QED) is 0.646. The summed E-state index contributed by atoms with van der Waals surface area (Å²) in [4.78, 5) is 13.2. The van der Waals surface area contributed by atoms with Gasteiger partial charge in [0.25, 0.3) is 0 Å². The molecule has 2 aromatic heterocycles. The summed E-state index contributed by atoms with van der Waals surface area (Å²) in [6, 6.07) is 11.5. The molecule has 0 unspecified atom stereocenters. The molecule has 0 fully saturated rings. The van der Waals surface area contributed by atoms with Crippen LogP contribution in [0.15, 0.2) is 47.2 Å². The highest BCUT2D eigenvalue weighted by Crippen LogP contribution is 2.29. The third-order valence-electron chi connectivity index (χ3n) is 3.02. The van der Waals surface area contributed by atoms with Gasteiger partial charge in [-0.15, -0.1) is 0 Å². The van der Waals surface area contributed by atoms with Crippen LogP contribution in [0, 0.1) is 0 Å². The Balaban J connectivity index is 2.03. The zero-order chi connectivity index (χ0) is 14.8. The molecule has 0 bridgehead atoms. The molecule has 4 nitrogen and oxygen atoms in total. The molecule has 0 saturated carbocycles. The van der Waals surface area contributed by atoms with Crippen LogP contribution in [0.2, 0.25) is 0 Å². The highest BCUT2D eigenvalue weighted by atomic mass is 79.9. The molecule has 0 spiro atoms. The number of hydrogen-bond acceptors (Lipinski definition) is 4. The van der Waals surface area contributed by atoms with Crippen LogP contribution >= 0.6 is 15.9 Å². The molecule has 0 atom stereocenters. The number of rotatable bonds is 3. The predicted molar refractivity (Wildman–Crippen MR) is 85.6 cm³/mol. The Bertz CT molecular complexity index is 784. The van der Waals surface area contributed by atoms with E-state index in [0.717, 1.165) is 16.7 Å². The van der Waals surface area contributed by atoms with Gasteiger partial charge in [-0.05, 0) is 28.1 Å². The monoisotopic (exact) mass is 343 g/mol. The first-order valence-corrected chi connectivity index (χ1v) is 7.49. The van der Waals surface area contributed by atoms with Crippen molar-refractivity contribution in [3.8, 4) is 11.6 Å². The highest BCUT2D eigenvalue weighted by molar-refractivity contribution is 9.10. The molecule has 0 aliphatic rings. The molecule has 3 aromatic rings.